The second kappa shape index (κ2) is 7.60. The van der Waals surface area contributed by atoms with Gasteiger partial charge in [0, 0.05) is 18.9 Å². The van der Waals surface area contributed by atoms with Gasteiger partial charge < -0.3 is 16.2 Å². The smallest absolute Gasteiger partial charge is 0.258 e. The van der Waals surface area contributed by atoms with Crippen molar-refractivity contribution in [2.24, 2.45) is 0 Å². The molecule has 20 heavy (non-hydrogen) atoms. The molecule has 0 saturated heterocycles. The first kappa shape index (κ1) is 14.5. The number of thioether (sulfide) groups is 1. The van der Waals surface area contributed by atoms with Gasteiger partial charge in [0.05, 0.1) is 0 Å². The van der Waals surface area contributed by atoms with E-state index in [1.807, 2.05) is 0 Å². The predicted octanol–water partition coefficient (Wildman–Crippen LogP) is -0.438. The van der Waals surface area contributed by atoms with E-state index in [4.69, 9.17) is 10.8 Å². The van der Waals surface area contributed by atoms with Crippen molar-refractivity contribution in [3.05, 3.63) is 12.7 Å². The SMILES string of the molecule is Nc1nc(NCCSCCCO)nc(-n2cncn2)n1. The topological polar surface area (TPSA) is 128 Å². The number of nitrogens with two attached hydrogens (primary N) is 1. The molecule has 0 bridgehead atoms. The normalized spacial score (nSPS) is 10.7. The number of hydrogen-bond acceptors (Lipinski definition) is 9. The van der Waals surface area contributed by atoms with Gasteiger partial charge in [0.25, 0.3) is 5.95 Å². The average Bonchev–Trinajstić information content (AvgIpc) is 2.96. The highest BCUT2D eigenvalue weighted by Crippen LogP contribution is 2.07. The molecule has 2 aromatic heterocycles. The van der Waals surface area contributed by atoms with Crippen LogP contribution in [0.5, 0.6) is 0 Å². The fourth-order valence-corrected chi connectivity index (χ4v) is 2.16. The Labute approximate surface area is 120 Å². The van der Waals surface area contributed by atoms with E-state index < -0.39 is 0 Å². The fraction of sp³-hybridized carbons (Fsp3) is 0.500. The van der Waals surface area contributed by atoms with Crippen LogP contribution in [0.25, 0.3) is 5.95 Å². The Morgan fingerprint density at radius 3 is 2.95 bits per heavy atom. The zero-order valence-electron chi connectivity index (χ0n) is 10.8. The minimum absolute atomic E-state index is 0.126. The molecule has 2 rings (SSSR count). The lowest BCUT2D eigenvalue weighted by Gasteiger charge is -2.06. The largest absolute Gasteiger partial charge is 0.396 e. The highest BCUT2D eigenvalue weighted by Gasteiger charge is 2.06. The Bertz CT molecular complexity index is 520. The van der Waals surface area contributed by atoms with Gasteiger partial charge in [0.2, 0.25) is 11.9 Å². The summed E-state index contributed by atoms with van der Waals surface area (Å²) < 4.78 is 1.42. The summed E-state index contributed by atoms with van der Waals surface area (Å²) in [5.74, 6) is 2.68. The molecule has 2 aromatic rings. The molecule has 4 N–H and O–H groups in total. The lowest BCUT2D eigenvalue weighted by Crippen LogP contribution is -2.13. The van der Waals surface area contributed by atoms with Gasteiger partial charge in [-0.3, -0.25) is 0 Å². The number of nitrogen functional groups attached to an aromatic ring is 1. The Balaban J connectivity index is 1.88. The van der Waals surface area contributed by atoms with Crippen LogP contribution in [-0.4, -0.2) is 59.5 Å². The third-order valence-corrected chi connectivity index (χ3v) is 3.31. The summed E-state index contributed by atoms with van der Waals surface area (Å²) in [5, 5.41) is 15.7. The van der Waals surface area contributed by atoms with E-state index in [-0.39, 0.29) is 12.6 Å². The third kappa shape index (κ3) is 4.31. The molecule has 0 aromatic carbocycles. The van der Waals surface area contributed by atoms with Crippen LogP contribution in [0.15, 0.2) is 12.7 Å². The molecule has 0 aliphatic rings. The van der Waals surface area contributed by atoms with Crippen LogP contribution < -0.4 is 11.1 Å². The van der Waals surface area contributed by atoms with Gasteiger partial charge in [0.15, 0.2) is 0 Å². The van der Waals surface area contributed by atoms with Gasteiger partial charge >= 0.3 is 0 Å². The standard InChI is InChI=1S/C10H16N8OS/c11-8-15-9(13-2-5-20-4-1-3-19)17-10(16-8)18-7-12-6-14-18/h6-7,19H,1-5H2,(H3,11,13,15,16,17). The molecule has 0 atom stereocenters. The first-order valence-corrected chi connectivity index (χ1v) is 7.24. The quantitative estimate of drug-likeness (QED) is 0.555. The van der Waals surface area contributed by atoms with Gasteiger partial charge in [-0.05, 0) is 12.2 Å². The number of nitrogens with one attached hydrogen (secondary N) is 1. The third-order valence-electron chi connectivity index (χ3n) is 2.24. The van der Waals surface area contributed by atoms with Crippen molar-refractivity contribution in [2.75, 3.05) is 35.7 Å². The molecular weight excluding hydrogens is 280 g/mol. The molecule has 0 aliphatic carbocycles. The summed E-state index contributed by atoms with van der Waals surface area (Å²) in [6.45, 7) is 0.933. The Morgan fingerprint density at radius 1 is 1.30 bits per heavy atom. The van der Waals surface area contributed by atoms with Crippen molar-refractivity contribution in [1.82, 2.24) is 29.7 Å². The Hall–Kier alpha value is -1.94. The summed E-state index contributed by atoms with van der Waals surface area (Å²) >= 11 is 1.75. The number of nitrogens with zero attached hydrogens (tertiary/aromatic N) is 6. The zero-order chi connectivity index (χ0) is 14.2. The van der Waals surface area contributed by atoms with E-state index in [2.05, 4.69) is 30.4 Å². The number of anilines is 2. The number of aliphatic hydroxyl groups excluding tert-OH is 1. The van der Waals surface area contributed by atoms with Gasteiger partial charge in [0.1, 0.15) is 12.7 Å². The second-order valence-corrected chi connectivity index (χ2v) is 5.00. The van der Waals surface area contributed by atoms with E-state index in [9.17, 15) is 0 Å². The highest BCUT2D eigenvalue weighted by atomic mass is 32.2. The lowest BCUT2D eigenvalue weighted by atomic mass is 10.5. The minimum atomic E-state index is 0.126. The van der Waals surface area contributed by atoms with Crippen molar-refractivity contribution >= 4 is 23.7 Å². The van der Waals surface area contributed by atoms with Gasteiger partial charge in [-0.1, -0.05) is 0 Å². The van der Waals surface area contributed by atoms with Crippen molar-refractivity contribution in [1.29, 1.82) is 0 Å². The van der Waals surface area contributed by atoms with Crippen LogP contribution in [0.2, 0.25) is 0 Å². The van der Waals surface area contributed by atoms with Crippen LogP contribution in [0.4, 0.5) is 11.9 Å². The highest BCUT2D eigenvalue weighted by molar-refractivity contribution is 7.99. The summed E-state index contributed by atoms with van der Waals surface area (Å²) in [6.07, 6.45) is 3.69. The van der Waals surface area contributed by atoms with Crippen molar-refractivity contribution in [3.8, 4) is 5.95 Å². The summed E-state index contributed by atoms with van der Waals surface area (Å²) in [7, 11) is 0. The van der Waals surface area contributed by atoms with E-state index in [1.165, 1.54) is 17.3 Å². The van der Waals surface area contributed by atoms with E-state index in [0.717, 1.165) is 17.9 Å². The van der Waals surface area contributed by atoms with Gasteiger partial charge in [-0.2, -0.15) is 36.5 Å². The molecule has 108 valence electrons. The fourth-order valence-electron chi connectivity index (χ4n) is 1.38. The summed E-state index contributed by atoms with van der Waals surface area (Å²) in [6, 6.07) is 0. The number of aromatic nitrogens is 6. The molecule has 9 nitrogen and oxygen atoms in total. The second-order valence-electron chi connectivity index (χ2n) is 3.77. The molecule has 0 saturated carbocycles. The van der Waals surface area contributed by atoms with E-state index >= 15 is 0 Å². The van der Waals surface area contributed by atoms with Crippen LogP contribution in [0.3, 0.4) is 0 Å². The van der Waals surface area contributed by atoms with E-state index in [0.29, 0.717) is 18.4 Å². The van der Waals surface area contributed by atoms with Gasteiger partial charge in [-0.15, -0.1) is 0 Å². The Kier molecular flexibility index (Phi) is 5.50. The van der Waals surface area contributed by atoms with Crippen LogP contribution >= 0.6 is 11.8 Å². The van der Waals surface area contributed by atoms with Crippen molar-refractivity contribution < 1.29 is 5.11 Å². The summed E-state index contributed by atoms with van der Waals surface area (Å²) in [4.78, 5) is 16.0. The molecule has 0 radical (unpaired) electrons. The van der Waals surface area contributed by atoms with Crippen LogP contribution in [-0.2, 0) is 0 Å². The molecule has 10 heteroatoms. The first-order valence-electron chi connectivity index (χ1n) is 6.08. The molecule has 0 fully saturated rings. The maximum absolute atomic E-state index is 8.67. The van der Waals surface area contributed by atoms with Crippen molar-refractivity contribution in [2.45, 2.75) is 6.42 Å². The number of aliphatic hydroxyl groups is 1. The van der Waals surface area contributed by atoms with E-state index in [1.54, 1.807) is 11.8 Å². The van der Waals surface area contributed by atoms with Gasteiger partial charge in [-0.25, -0.2) is 4.98 Å². The Morgan fingerprint density at radius 2 is 2.20 bits per heavy atom. The predicted molar refractivity (Wildman–Crippen MR) is 76.7 cm³/mol. The molecule has 0 aliphatic heterocycles. The first-order chi connectivity index (χ1) is 9.79. The molecular formula is C10H16N8OS. The zero-order valence-corrected chi connectivity index (χ0v) is 11.6. The summed E-state index contributed by atoms with van der Waals surface area (Å²) in [5.41, 5.74) is 5.64. The number of hydrogen-bond donors (Lipinski definition) is 3. The molecule has 0 amide bonds. The lowest BCUT2D eigenvalue weighted by molar-refractivity contribution is 0.296. The molecule has 0 spiro atoms. The minimum Gasteiger partial charge on any atom is -0.396 e. The molecule has 0 unspecified atom stereocenters. The average molecular weight is 296 g/mol. The monoisotopic (exact) mass is 296 g/mol. The maximum Gasteiger partial charge on any atom is 0.258 e. The molecule has 2 heterocycles. The maximum atomic E-state index is 8.67. The van der Waals surface area contributed by atoms with Crippen molar-refractivity contribution in [3.63, 3.8) is 0 Å². The van der Waals surface area contributed by atoms with Crippen LogP contribution in [0.1, 0.15) is 6.42 Å². The van der Waals surface area contributed by atoms with Crippen LogP contribution in [0, 0.1) is 0 Å². The number of rotatable bonds is 8.